The fourth-order valence-corrected chi connectivity index (χ4v) is 13.5. The van der Waals surface area contributed by atoms with Crippen molar-refractivity contribution in [2.45, 2.75) is 152 Å². The van der Waals surface area contributed by atoms with Gasteiger partial charge >= 0.3 is 0 Å². The van der Waals surface area contributed by atoms with Gasteiger partial charge in [0.05, 0.1) is 6.04 Å². The molecule has 0 bridgehead atoms. The van der Waals surface area contributed by atoms with Crippen LogP contribution in [0.2, 0.25) is 0 Å². The molecule has 292 valence electrons. The number of hydrogen-bond acceptors (Lipinski definition) is 5. The Labute approximate surface area is 335 Å². The van der Waals surface area contributed by atoms with Gasteiger partial charge in [0.1, 0.15) is 30.0 Å². The maximum absolute atomic E-state index is 7.24. The maximum Gasteiger partial charge on any atom is 0.129 e. The maximum atomic E-state index is 7.24. The highest BCUT2D eigenvalue weighted by Crippen LogP contribution is 2.60. The van der Waals surface area contributed by atoms with Crippen molar-refractivity contribution in [2.75, 3.05) is 4.90 Å². The minimum atomic E-state index is -0.0346. The zero-order valence-corrected chi connectivity index (χ0v) is 33.6. The second-order valence-corrected chi connectivity index (χ2v) is 19.2. The summed E-state index contributed by atoms with van der Waals surface area (Å²) in [5.74, 6) is 6.07. The molecule has 5 nitrogen and oxygen atoms in total. The van der Waals surface area contributed by atoms with Crippen LogP contribution in [0.5, 0.6) is 0 Å². The normalized spacial score (nSPS) is 36.6. The number of nitrogens with one attached hydrogen (secondary N) is 2. The third-order valence-corrected chi connectivity index (χ3v) is 16.2. The van der Waals surface area contributed by atoms with Crippen molar-refractivity contribution in [1.82, 2.24) is 10.6 Å². The first-order valence-corrected chi connectivity index (χ1v) is 22.8. The van der Waals surface area contributed by atoms with Gasteiger partial charge < -0.3 is 15.0 Å². The number of nitrogens with zero attached hydrogens (tertiary/aromatic N) is 2. The predicted molar refractivity (Wildman–Crippen MR) is 228 cm³/mol. The fraction of sp³-hybridized carbons (Fsp3) is 0.549. The van der Waals surface area contributed by atoms with E-state index >= 15 is 0 Å². The second kappa shape index (κ2) is 14.5. The number of fused-ring (bicyclic) bond motifs is 7. The lowest BCUT2D eigenvalue weighted by atomic mass is 9.58. The SMILES string of the molecule is CC12CCCCCC1c1ccccc1N2C1C=CC2=C(C1)C1C(O2)C(c2ccc(C3NC(C4CCCCC4)=NC(c4ccccc4)N3)cc2)C[C@@H]2CCCCC12. The number of rotatable bonds is 5. The molecular weight excluding hydrogens is 685 g/mol. The van der Waals surface area contributed by atoms with Crippen molar-refractivity contribution < 1.29 is 4.74 Å². The van der Waals surface area contributed by atoms with Crippen molar-refractivity contribution in [3.05, 3.63) is 125 Å². The molecule has 0 amide bonds. The monoisotopic (exact) mass is 746 g/mol. The lowest BCUT2D eigenvalue weighted by Crippen LogP contribution is -2.51. The van der Waals surface area contributed by atoms with Crippen LogP contribution >= 0.6 is 0 Å². The van der Waals surface area contributed by atoms with Crippen molar-refractivity contribution in [1.29, 1.82) is 0 Å². The van der Waals surface area contributed by atoms with Gasteiger partial charge in [-0.1, -0.05) is 137 Å². The van der Waals surface area contributed by atoms with Crippen LogP contribution in [0.4, 0.5) is 5.69 Å². The van der Waals surface area contributed by atoms with Crippen molar-refractivity contribution in [3.8, 4) is 0 Å². The number of ether oxygens (including phenoxy) is 1. The molecule has 0 spiro atoms. The highest BCUT2D eigenvalue weighted by atomic mass is 16.5. The first-order valence-electron chi connectivity index (χ1n) is 22.8. The minimum Gasteiger partial charge on any atom is -0.489 e. The summed E-state index contributed by atoms with van der Waals surface area (Å²) in [6.07, 6.45) is 26.2. The summed E-state index contributed by atoms with van der Waals surface area (Å²) in [7, 11) is 0. The predicted octanol–water partition coefficient (Wildman–Crippen LogP) is 11.8. The summed E-state index contributed by atoms with van der Waals surface area (Å²) in [6.45, 7) is 2.61. The molecule has 10 atom stereocenters. The number of para-hydroxylation sites is 1. The second-order valence-electron chi connectivity index (χ2n) is 19.2. The Kier molecular flexibility index (Phi) is 9.17. The van der Waals surface area contributed by atoms with Crippen LogP contribution in [-0.2, 0) is 4.74 Å². The minimum absolute atomic E-state index is 0.0346. The molecule has 0 radical (unpaired) electrons. The summed E-state index contributed by atoms with van der Waals surface area (Å²) < 4.78 is 7.24. The van der Waals surface area contributed by atoms with Crippen molar-refractivity contribution in [3.63, 3.8) is 0 Å². The number of aliphatic imine (C=N–C) groups is 1. The lowest BCUT2D eigenvalue weighted by molar-refractivity contribution is -0.00582. The Hall–Kier alpha value is -3.83. The van der Waals surface area contributed by atoms with Crippen LogP contribution in [0.3, 0.4) is 0 Å². The number of hydrogen-bond donors (Lipinski definition) is 2. The number of anilines is 1. The van der Waals surface area contributed by atoms with Gasteiger partial charge in [-0.3, -0.25) is 5.32 Å². The molecule has 3 aromatic carbocycles. The van der Waals surface area contributed by atoms with Gasteiger partial charge in [0.15, 0.2) is 0 Å². The summed E-state index contributed by atoms with van der Waals surface area (Å²) in [6, 6.07) is 30.4. The van der Waals surface area contributed by atoms with Crippen LogP contribution in [-0.4, -0.2) is 23.5 Å². The van der Waals surface area contributed by atoms with Gasteiger partial charge in [0.25, 0.3) is 0 Å². The molecule has 5 aliphatic carbocycles. The molecule has 4 saturated carbocycles. The molecule has 4 fully saturated rings. The molecule has 2 N–H and O–H groups in total. The third-order valence-electron chi connectivity index (χ3n) is 16.2. The number of allylic oxidation sites excluding steroid dienone is 1. The van der Waals surface area contributed by atoms with Crippen LogP contribution < -0.4 is 15.5 Å². The van der Waals surface area contributed by atoms with Gasteiger partial charge in [-0.15, -0.1) is 0 Å². The molecule has 9 unspecified atom stereocenters. The van der Waals surface area contributed by atoms with E-state index in [1.54, 1.807) is 11.1 Å². The Morgan fingerprint density at radius 2 is 1.50 bits per heavy atom. The highest BCUT2D eigenvalue weighted by molar-refractivity contribution is 5.86. The molecule has 5 heteroatoms. The molecule has 3 aromatic rings. The Morgan fingerprint density at radius 1 is 0.750 bits per heavy atom. The van der Waals surface area contributed by atoms with Crippen molar-refractivity contribution in [2.24, 2.45) is 28.7 Å². The summed E-state index contributed by atoms with van der Waals surface area (Å²) in [4.78, 5) is 8.19. The summed E-state index contributed by atoms with van der Waals surface area (Å²) in [5, 5.41) is 7.78. The molecule has 11 rings (SSSR count). The fourth-order valence-electron chi connectivity index (χ4n) is 13.5. The third kappa shape index (κ3) is 6.00. The van der Waals surface area contributed by atoms with Gasteiger partial charge in [-0.25, -0.2) is 4.99 Å². The lowest BCUT2D eigenvalue weighted by Gasteiger charge is -2.48. The van der Waals surface area contributed by atoms with E-state index in [1.807, 2.05) is 0 Å². The molecule has 8 aliphatic rings. The van der Waals surface area contributed by atoms with Crippen LogP contribution in [0.1, 0.15) is 156 Å². The molecule has 56 heavy (non-hydrogen) atoms. The molecule has 0 saturated heterocycles. The average Bonchev–Trinajstić information content (AvgIpc) is 3.68. The Bertz CT molecular complexity index is 2000. The Balaban J connectivity index is 0.869. The molecule has 0 aromatic heterocycles. The summed E-state index contributed by atoms with van der Waals surface area (Å²) in [5.41, 5.74) is 8.94. The largest absolute Gasteiger partial charge is 0.489 e. The topological polar surface area (TPSA) is 48.9 Å². The van der Waals surface area contributed by atoms with E-state index in [1.165, 1.54) is 130 Å². The zero-order valence-electron chi connectivity index (χ0n) is 33.6. The van der Waals surface area contributed by atoms with E-state index in [0.717, 1.165) is 18.3 Å². The summed E-state index contributed by atoms with van der Waals surface area (Å²) >= 11 is 0. The Morgan fingerprint density at radius 3 is 2.38 bits per heavy atom. The molecular formula is C51H62N4O. The highest BCUT2D eigenvalue weighted by Gasteiger charge is 2.55. The zero-order chi connectivity index (χ0) is 37.2. The number of benzene rings is 3. The van der Waals surface area contributed by atoms with E-state index in [0.29, 0.717) is 29.7 Å². The molecule has 3 heterocycles. The van der Waals surface area contributed by atoms with E-state index in [9.17, 15) is 0 Å². The van der Waals surface area contributed by atoms with Gasteiger partial charge in [0, 0.05) is 34.9 Å². The van der Waals surface area contributed by atoms with Crippen molar-refractivity contribution >= 4 is 11.5 Å². The average molecular weight is 747 g/mol. The van der Waals surface area contributed by atoms with E-state index in [4.69, 9.17) is 9.73 Å². The standard InChI is InChI=1S/C51H62N4O/c1-51-30-14-4-9-22-43(51)40-21-12-13-23-44(40)55(51)38-28-29-45-42(32-38)46-39-20-11-10-19-37(39)31-41(47(46)56-45)33-24-26-36(27-25-33)50-53-48(34-15-5-2-6-16-34)52-49(54-50)35-17-7-3-8-18-35/h2,5-6,12-13,15-16,21,23-29,35,37-39,41,43,46-48,50,53H,3-4,7-11,14,17-20,22,30-32H2,1H3,(H,52,54)/t37-,38?,39?,41?,43?,46?,47?,48?,50?,51?/m0/s1. The van der Waals surface area contributed by atoms with E-state index in [-0.39, 0.29) is 24.0 Å². The smallest absolute Gasteiger partial charge is 0.129 e. The van der Waals surface area contributed by atoms with Crippen LogP contribution in [0.25, 0.3) is 0 Å². The first kappa shape index (κ1) is 35.3. The van der Waals surface area contributed by atoms with Gasteiger partial charge in [0.2, 0.25) is 0 Å². The molecule has 3 aliphatic heterocycles. The van der Waals surface area contributed by atoms with E-state index < -0.39 is 0 Å². The van der Waals surface area contributed by atoms with E-state index in [2.05, 4.69) is 113 Å². The quantitative estimate of drug-likeness (QED) is 0.273. The first-order chi connectivity index (χ1) is 27.6. The number of amidine groups is 1. The van der Waals surface area contributed by atoms with Crippen LogP contribution in [0.15, 0.2) is 107 Å². The van der Waals surface area contributed by atoms with Gasteiger partial charge in [-0.2, -0.15) is 0 Å². The van der Waals surface area contributed by atoms with Crippen LogP contribution in [0, 0.1) is 23.7 Å². The van der Waals surface area contributed by atoms with Gasteiger partial charge in [-0.05, 0) is 104 Å².